The van der Waals surface area contributed by atoms with E-state index in [-0.39, 0.29) is 5.28 Å². The van der Waals surface area contributed by atoms with E-state index in [1.54, 1.807) is 18.5 Å². The highest BCUT2D eigenvalue weighted by Gasteiger charge is 2.02. The highest BCUT2D eigenvalue weighted by molar-refractivity contribution is 6.28. The highest BCUT2D eigenvalue weighted by Crippen LogP contribution is 2.24. The molecule has 5 heteroatoms. The number of halogens is 1. The lowest BCUT2D eigenvalue weighted by atomic mass is 10.1. The third-order valence-corrected chi connectivity index (χ3v) is 2.75. The molecule has 18 heavy (non-hydrogen) atoms. The topological polar surface area (TPSA) is 50.7 Å². The Labute approximate surface area is 109 Å². The van der Waals surface area contributed by atoms with Crippen LogP contribution in [0.1, 0.15) is 0 Å². The van der Waals surface area contributed by atoms with E-state index in [4.69, 9.17) is 11.6 Å². The summed E-state index contributed by atoms with van der Waals surface area (Å²) in [4.78, 5) is 12.1. The normalized spacial score (nSPS) is 10.5. The maximum absolute atomic E-state index is 5.76. The van der Waals surface area contributed by atoms with Gasteiger partial charge in [-0.05, 0) is 29.8 Å². The van der Waals surface area contributed by atoms with Crippen molar-refractivity contribution >= 4 is 33.9 Å². The van der Waals surface area contributed by atoms with E-state index in [1.165, 1.54) is 0 Å². The molecule has 0 aliphatic carbocycles. The van der Waals surface area contributed by atoms with Gasteiger partial charge in [0.1, 0.15) is 5.82 Å². The molecule has 3 rings (SSSR count). The van der Waals surface area contributed by atoms with E-state index in [0.29, 0.717) is 5.82 Å². The maximum Gasteiger partial charge on any atom is 0.224 e. The van der Waals surface area contributed by atoms with Crippen LogP contribution in [-0.4, -0.2) is 15.0 Å². The van der Waals surface area contributed by atoms with Crippen LogP contribution in [-0.2, 0) is 0 Å². The molecule has 0 bridgehead atoms. The summed E-state index contributed by atoms with van der Waals surface area (Å²) >= 11 is 5.76. The minimum atomic E-state index is 0.224. The van der Waals surface area contributed by atoms with Gasteiger partial charge in [-0.1, -0.05) is 12.1 Å². The number of rotatable bonds is 2. The molecule has 2 heterocycles. The number of anilines is 2. The molecular formula is C13H9ClN4. The van der Waals surface area contributed by atoms with Crippen molar-refractivity contribution in [1.29, 1.82) is 0 Å². The van der Waals surface area contributed by atoms with E-state index >= 15 is 0 Å². The van der Waals surface area contributed by atoms with Crippen molar-refractivity contribution in [1.82, 2.24) is 15.0 Å². The van der Waals surface area contributed by atoms with Crippen molar-refractivity contribution in [3.63, 3.8) is 0 Å². The molecule has 0 atom stereocenters. The average molecular weight is 257 g/mol. The number of pyridine rings is 1. The first-order chi connectivity index (χ1) is 8.83. The second kappa shape index (κ2) is 4.58. The van der Waals surface area contributed by atoms with Gasteiger partial charge < -0.3 is 5.32 Å². The van der Waals surface area contributed by atoms with Crippen molar-refractivity contribution in [3.05, 3.63) is 54.2 Å². The molecule has 0 radical (unpaired) electrons. The third kappa shape index (κ3) is 2.10. The molecule has 0 spiro atoms. The van der Waals surface area contributed by atoms with Gasteiger partial charge in [0.2, 0.25) is 5.28 Å². The van der Waals surface area contributed by atoms with Gasteiger partial charge in [-0.25, -0.2) is 9.97 Å². The molecule has 0 fully saturated rings. The monoisotopic (exact) mass is 256 g/mol. The van der Waals surface area contributed by atoms with Gasteiger partial charge >= 0.3 is 0 Å². The Bertz CT molecular complexity index is 694. The Morgan fingerprint density at radius 1 is 1.06 bits per heavy atom. The molecule has 2 aromatic heterocycles. The molecule has 1 aromatic carbocycles. The summed E-state index contributed by atoms with van der Waals surface area (Å²) in [5.74, 6) is 0.666. The summed E-state index contributed by atoms with van der Waals surface area (Å²) in [7, 11) is 0. The van der Waals surface area contributed by atoms with Gasteiger partial charge in [0.25, 0.3) is 0 Å². The Morgan fingerprint density at radius 2 is 2.00 bits per heavy atom. The SMILES string of the molecule is Clc1nccc(Nc2cccc3cnccc23)n1. The molecular weight excluding hydrogens is 248 g/mol. The van der Waals surface area contributed by atoms with Crippen LogP contribution in [0.3, 0.4) is 0 Å². The summed E-state index contributed by atoms with van der Waals surface area (Å²) in [6, 6.07) is 9.69. The van der Waals surface area contributed by atoms with Crippen molar-refractivity contribution in [2.24, 2.45) is 0 Å². The molecule has 1 N–H and O–H groups in total. The first kappa shape index (κ1) is 10.9. The Balaban J connectivity index is 2.05. The fourth-order valence-electron chi connectivity index (χ4n) is 1.77. The van der Waals surface area contributed by atoms with Crippen molar-refractivity contribution in [2.45, 2.75) is 0 Å². The molecule has 0 amide bonds. The number of nitrogens with one attached hydrogen (secondary N) is 1. The van der Waals surface area contributed by atoms with Crippen LogP contribution < -0.4 is 5.32 Å². The fraction of sp³-hybridized carbons (Fsp3) is 0. The lowest BCUT2D eigenvalue weighted by molar-refractivity contribution is 1.17. The van der Waals surface area contributed by atoms with E-state index in [0.717, 1.165) is 16.5 Å². The van der Waals surface area contributed by atoms with Crippen LogP contribution >= 0.6 is 11.6 Å². The zero-order valence-electron chi connectivity index (χ0n) is 9.34. The minimum absolute atomic E-state index is 0.224. The number of aromatic nitrogens is 3. The van der Waals surface area contributed by atoms with Crippen molar-refractivity contribution in [2.75, 3.05) is 5.32 Å². The largest absolute Gasteiger partial charge is 0.340 e. The van der Waals surface area contributed by atoms with Crippen LogP contribution in [0.5, 0.6) is 0 Å². The number of hydrogen-bond donors (Lipinski definition) is 1. The lowest BCUT2D eigenvalue weighted by Crippen LogP contribution is -1.95. The Hall–Kier alpha value is -2.20. The maximum atomic E-state index is 5.76. The summed E-state index contributed by atoms with van der Waals surface area (Å²) < 4.78 is 0. The quantitative estimate of drug-likeness (QED) is 0.714. The number of fused-ring (bicyclic) bond motifs is 1. The summed E-state index contributed by atoms with van der Waals surface area (Å²) in [6.07, 6.45) is 5.21. The lowest BCUT2D eigenvalue weighted by Gasteiger charge is -2.08. The average Bonchev–Trinajstić information content (AvgIpc) is 2.39. The van der Waals surface area contributed by atoms with Gasteiger partial charge in [-0.2, -0.15) is 0 Å². The molecule has 3 aromatic rings. The molecule has 0 saturated heterocycles. The number of hydrogen-bond acceptors (Lipinski definition) is 4. The van der Waals surface area contributed by atoms with Gasteiger partial charge in [0.05, 0.1) is 0 Å². The van der Waals surface area contributed by atoms with Gasteiger partial charge in [0, 0.05) is 35.1 Å². The summed E-state index contributed by atoms with van der Waals surface area (Å²) in [6.45, 7) is 0. The smallest absolute Gasteiger partial charge is 0.224 e. The first-order valence-corrected chi connectivity index (χ1v) is 5.79. The summed E-state index contributed by atoms with van der Waals surface area (Å²) in [5, 5.41) is 5.61. The van der Waals surface area contributed by atoms with Crippen LogP contribution in [0.25, 0.3) is 10.8 Å². The second-order valence-corrected chi connectivity index (χ2v) is 4.08. The first-order valence-electron chi connectivity index (χ1n) is 5.41. The Kier molecular flexibility index (Phi) is 2.78. The van der Waals surface area contributed by atoms with Crippen molar-refractivity contribution < 1.29 is 0 Å². The molecule has 0 aliphatic rings. The predicted octanol–water partition coefficient (Wildman–Crippen LogP) is 3.42. The van der Waals surface area contributed by atoms with Crippen LogP contribution in [0.4, 0.5) is 11.5 Å². The fourth-order valence-corrected chi connectivity index (χ4v) is 1.92. The minimum Gasteiger partial charge on any atom is -0.340 e. The van der Waals surface area contributed by atoms with E-state index in [9.17, 15) is 0 Å². The zero-order chi connectivity index (χ0) is 12.4. The third-order valence-electron chi connectivity index (χ3n) is 2.57. The van der Waals surface area contributed by atoms with Gasteiger partial charge in [0.15, 0.2) is 0 Å². The molecule has 0 saturated carbocycles. The van der Waals surface area contributed by atoms with Crippen LogP contribution in [0.15, 0.2) is 48.9 Å². The van der Waals surface area contributed by atoms with Crippen molar-refractivity contribution in [3.8, 4) is 0 Å². The highest BCUT2D eigenvalue weighted by atomic mass is 35.5. The standard InChI is InChI=1S/C13H9ClN4/c14-13-16-7-5-12(18-13)17-11-3-1-2-9-8-15-6-4-10(9)11/h1-8H,(H,16,17,18). The van der Waals surface area contributed by atoms with E-state index in [1.807, 2.05) is 30.5 Å². The zero-order valence-corrected chi connectivity index (χ0v) is 10.1. The van der Waals surface area contributed by atoms with E-state index < -0.39 is 0 Å². The predicted molar refractivity (Wildman–Crippen MR) is 72.1 cm³/mol. The van der Waals surface area contributed by atoms with Gasteiger partial charge in [-0.15, -0.1) is 0 Å². The molecule has 88 valence electrons. The molecule has 0 unspecified atom stereocenters. The van der Waals surface area contributed by atoms with Crippen LogP contribution in [0, 0.1) is 0 Å². The Morgan fingerprint density at radius 3 is 2.89 bits per heavy atom. The van der Waals surface area contributed by atoms with Gasteiger partial charge in [-0.3, -0.25) is 4.98 Å². The number of benzene rings is 1. The second-order valence-electron chi connectivity index (χ2n) is 3.74. The molecule has 0 aliphatic heterocycles. The number of nitrogens with zero attached hydrogens (tertiary/aromatic N) is 3. The molecule has 4 nitrogen and oxygen atoms in total. The van der Waals surface area contributed by atoms with E-state index in [2.05, 4.69) is 20.3 Å². The summed E-state index contributed by atoms with van der Waals surface area (Å²) in [5.41, 5.74) is 0.963. The van der Waals surface area contributed by atoms with Crippen LogP contribution in [0.2, 0.25) is 5.28 Å².